The first kappa shape index (κ1) is 23.0. The Balaban J connectivity index is 1.52. The largest absolute Gasteiger partial charge is 0.497 e. The number of rotatable bonds is 7. The van der Waals surface area contributed by atoms with Crippen molar-refractivity contribution in [1.29, 1.82) is 0 Å². The van der Waals surface area contributed by atoms with Crippen LogP contribution in [0.3, 0.4) is 0 Å². The number of hydrogen-bond acceptors (Lipinski definition) is 5. The second-order valence-electron chi connectivity index (χ2n) is 7.20. The fourth-order valence-electron chi connectivity index (χ4n) is 2.93. The van der Waals surface area contributed by atoms with Gasteiger partial charge < -0.3 is 19.3 Å². The van der Waals surface area contributed by atoms with Crippen LogP contribution in [0.4, 0.5) is 0 Å². The molecule has 0 radical (unpaired) electrons. The number of methoxy groups -OCH3 is 1. The molecule has 0 aromatic heterocycles. The Labute approximate surface area is 189 Å². The molecule has 0 amide bonds. The highest BCUT2D eigenvalue weighted by molar-refractivity contribution is 5.71. The molecular weight excluding hydrogens is 404 g/mol. The molecule has 0 saturated carbocycles. The molecule has 5 nitrogen and oxygen atoms in total. The molecule has 0 saturated heterocycles. The Bertz CT molecular complexity index is 1040. The van der Waals surface area contributed by atoms with Crippen molar-refractivity contribution in [2.75, 3.05) is 13.7 Å². The SMILES string of the molecule is COc1ccc(COC(=O)COc2ccc(C=C3C#CCCCCC#CC3O)cc2)cc1. The highest BCUT2D eigenvalue weighted by Gasteiger charge is 2.08. The number of ether oxygens (including phenoxy) is 3. The highest BCUT2D eigenvalue weighted by atomic mass is 16.6. The molecule has 1 atom stereocenters. The summed E-state index contributed by atoms with van der Waals surface area (Å²) >= 11 is 0. The van der Waals surface area contributed by atoms with Gasteiger partial charge in [-0.1, -0.05) is 42.0 Å². The van der Waals surface area contributed by atoms with Gasteiger partial charge in [0.05, 0.1) is 7.11 Å². The van der Waals surface area contributed by atoms with Crippen LogP contribution in [0.15, 0.2) is 54.1 Å². The average molecular weight is 431 g/mol. The molecule has 0 spiro atoms. The van der Waals surface area contributed by atoms with Crippen molar-refractivity contribution in [3.05, 3.63) is 65.2 Å². The van der Waals surface area contributed by atoms with E-state index in [1.807, 2.05) is 42.5 Å². The Morgan fingerprint density at radius 2 is 1.72 bits per heavy atom. The smallest absolute Gasteiger partial charge is 0.344 e. The van der Waals surface area contributed by atoms with E-state index >= 15 is 0 Å². The second kappa shape index (κ2) is 12.2. The lowest BCUT2D eigenvalue weighted by Crippen LogP contribution is -2.14. The molecule has 0 fully saturated rings. The molecular formula is C27H26O5. The van der Waals surface area contributed by atoms with Gasteiger partial charge in [0.1, 0.15) is 24.2 Å². The Kier molecular flexibility index (Phi) is 8.80. The quantitative estimate of drug-likeness (QED) is 0.528. The van der Waals surface area contributed by atoms with Gasteiger partial charge in [-0.25, -0.2) is 4.79 Å². The zero-order chi connectivity index (χ0) is 22.6. The maximum absolute atomic E-state index is 12.0. The normalized spacial score (nSPS) is 16.7. The minimum Gasteiger partial charge on any atom is -0.497 e. The first-order valence-electron chi connectivity index (χ1n) is 10.5. The van der Waals surface area contributed by atoms with Gasteiger partial charge in [0.15, 0.2) is 6.61 Å². The number of esters is 1. The van der Waals surface area contributed by atoms with E-state index in [4.69, 9.17) is 14.2 Å². The summed E-state index contributed by atoms with van der Waals surface area (Å²) < 4.78 is 15.8. The third-order valence-electron chi connectivity index (χ3n) is 4.74. The lowest BCUT2D eigenvalue weighted by atomic mass is 10.0. The van der Waals surface area contributed by atoms with Gasteiger partial charge in [-0.3, -0.25) is 0 Å². The van der Waals surface area contributed by atoms with Gasteiger partial charge in [-0.15, -0.1) is 5.92 Å². The van der Waals surface area contributed by atoms with E-state index in [0.717, 1.165) is 42.6 Å². The minimum absolute atomic E-state index is 0.172. The first-order chi connectivity index (χ1) is 15.6. The molecule has 32 heavy (non-hydrogen) atoms. The van der Waals surface area contributed by atoms with Crippen LogP contribution in [0.5, 0.6) is 11.5 Å². The number of carbonyl (C=O) groups excluding carboxylic acids is 1. The Hall–Kier alpha value is -3.67. The van der Waals surface area contributed by atoms with Crippen molar-refractivity contribution < 1.29 is 24.1 Å². The third kappa shape index (κ3) is 7.54. The highest BCUT2D eigenvalue weighted by Crippen LogP contribution is 2.17. The summed E-state index contributed by atoms with van der Waals surface area (Å²) in [5.74, 6) is 12.8. The van der Waals surface area contributed by atoms with Crippen molar-refractivity contribution >= 4 is 12.0 Å². The summed E-state index contributed by atoms with van der Waals surface area (Å²) in [7, 11) is 1.60. The zero-order valence-electron chi connectivity index (χ0n) is 18.1. The second-order valence-corrected chi connectivity index (χ2v) is 7.20. The van der Waals surface area contributed by atoms with E-state index in [9.17, 15) is 9.90 Å². The van der Waals surface area contributed by atoms with Crippen molar-refractivity contribution in [2.45, 2.75) is 38.4 Å². The third-order valence-corrected chi connectivity index (χ3v) is 4.74. The van der Waals surface area contributed by atoms with Crippen molar-refractivity contribution in [3.8, 4) is 35.2 Å². The van der Waals surface area contributed by atoms with Gasteiger partial charge in [-0.05, 0) is 54.3 Å². The lowest BCUT2D eigenvalue weighted by Gasteiger charge is -2.08. The van der Waals surface area contributed by atoms with Gasteiger partial charge in [0, 0.05) is 18.4 Å². The maximum Gasteiger partial charge on any atom is 0.344 e. The van der Waals surface area contributed by atoms with E-state index in [1.165, 1.54) is 0 Å². The van der Waals surface area contributed by atoms with E-state index in [-0.39, 0.29) is 13.2 Å². The number of aliphatic hydroxyl groups excluding tert-OH is 1. The molecule has 2 aromatic rings. The van der Waals surface area contributed by atoms with Crippen LogP contribution >= 0.6 is 0 Å². The number of benzene rings is 2. The summed E-state index contributed by atoms with van der Waals surface area (Å²) in [5.41, 5.74) is 2.31. The molecule has 3 rings (SSSR count). The minimum atomic E-state index is -0.892. The van der Waals surface area contributed by atoms with Crippen molar-refractivity contribution in [3.63, 3.8) is 0 Å². The first-order valence-corrected chi connectivity index (χ1v) is 10.5. The zero-order valence-corrected chi connectivity index (χ0v) is 18.1. The molecule has 1 aliphatic rings. The predicted octanol–water partition coefficient (Wildman–Crippen LogP) is 4.14. The van der Waals surface area contributed by atoms with Gasteiger partial charge >= 0.3 is 5.97 Å². The van der Waals surface area contributed by atoms with Crippen LogP contribution in [0.25, 0.3) is 6.08 Å². The molecule has 1 N–H and O–H groups in total. The van der Waals surface area contributed by atoms with E-state index in [1.54, 1.807) is 19.2 Å². The van der Waals surface area contributed by atoms with Gasteiger partial charge in [-0.2, -0.15) is 0 Å². The lowest BCUT2D eigenvalue weighted by molar-refractivity contribution is -0.147. The predicted molar refractivity (Wildman–Crippen MR) is 123 cm³/mol. The van der Waals surface area contributed by atoms with Crippen LogP contribution in [-0.2, 0) is 16.1 Å². The Morgan fingerprint density at radius 1 is 1.03 bits per heavy atom. The molecule has 1 unspecified atom stereocenters. The molecule has 0 aliphatic heterocycles. The molecule has 1 aliphatic carbocycles. The summed E-state index contributed by atoms with van der Waals surface area (Å²) in [6.45, 7) is -0.0126. The summed E-state index contributed by atoms with van der Waals surface area (Å²) in [6, 6.07) is 14.5. The Morgan fingerprint density at radius 3 is 2.44 bits per heavy atom. The van der Waals surface area contributed by atoms with Crippen LogP contribution in [0, 0.1) is 23.7 Å². The molecule has 0 heterocycles. The van der Waals surface area contributed by atoms with E-state index in [0.29, 0.717) is 11.3 Å². The standard InChI is InChI=1S/C27H26O5/c1-30-24-14-12-22(13-15-24)19-32-27(29)20-31-25-16-10-21(11-17-25)18-23-8-6-4-2-3-5-7-9-26(23)28/h10-18,26,28H,2-5,19-20H2,1H3. The van der Waals surface area contributed by atoms with Gasteiger partial charge in [0.2, 0.25) is 0 Å². The fraction of sp³-hybridized carbons (Fsp3) is 0.296. The molecule has 5 heteroatoms. The van der Waals surface area contributed by atoms with Crippen LogP contribution in [-0.4, -0.2) is 30.9 Å². The van der Waals surface area contributed by atoms with Gasteiger partial charge in [0.25, 0.3) is 0 Å². The molecule has 2 aromatic carbocycles. The molecule has 164 valence electrons. The van der Waals surface area contributed by atoms with Crippen molar-refractivity contribution in [1.82, 2.24) is 0 Å². The average Bonchev–Trinajstić information content (AvgIpc) is 2.83. The monoisotopic (exact) mass is 430 g/mol. The number of aliphatic hydroxyl groups is 1. The summed E-state index contributed by atoms with van der Waals surface area (Å²) in [5, 5.41) is 10.3. The summed E-state index contributed by atoms with van der Waals surface area (Å²) in [6.07, 6.45) is 4.52. The molecule has 0 bridgehead atoms. The van der Waals surface area contributed by atoms with Crippen molar-refractivity contribution in [2.24, 2.45) is 0 Å². The van der Waals surface area contributed by atoms with E-state index in [2.05, 4.69) is 23.7 Å². The van der Waals surface area contributed by atoms with E-state index < -0.39 is 12.1 Å². The van der Waals surface area contributed by atoms with Crippen LogP contribution in [0.1, 0.15) is 36.8 Å². The number of hydrogen-bond donors (Lipinski definition) is 1. The summed E-state index contributed by atoms with van der Waals surface area (Å²) in [4.78, 5) is 12.0. The van der Waals surface area contributed by atoms with Crippen LogP contribution < -0.4 is 9.47 Å². The topological polar surface area (TPSA) is 65.0 Å². The fourth-order valence-corrected chi connectivity index (χ4v) is 2.93. The van der Waals surface area contributed by atoms with Crippen LogP contribution in [0.2, 0.25) is 0 Å². The number of carbonyl (C=O) groups is 1. The maximum atomic E-state index is 12.0.